The number of halogens is 2. The first-order valence-electron chi connectivity index (χ1n) is 4.29. The summed E-state index contributed by atoms with van der Waals surface area (Å²) in [4.78, 5) is 11.5. The molecule has 0 aliphatic carbocycles. The van der Waals surface area contributed by atoms with E-state index in [9.17, 15) is 9.90 Å². The van der Waals surface area contributed by atoms with Crippen LogP contribution < -0.4 is 5.32 Å². The molecule has 1 rings (SSSR count). The van der Waals surface area contributed by atoms with E-state index >= 15 is 0 Å². The lowest BCUT2D eigenvalue weighted by Crippen LogP contribution is -2.36. The molecule has 82 valence electrons. The Bertz CT molecular complexity index is 387. The predicted molar refractivity (Wildman–Crippen MR) is 71.8 cm³/mol. The molecule has 2 N–H and O–H groups in total. The number of carbonyl (C=O) groups excluding carboxylic acids is 1. The van der Waals surface area contributed by atoms with Crippen LogP contribution in [0.2, 0.25) is 0 Å². The van der Waals surface area contributed by atoms with Gasteiger partial charge in [0.25, 0.3) is 5.91 Å². The molecule has 15 heavy (non-hydrogen) atoms. The van der Waals surface area contributed by atoms with E-state index in [1.54, 1.807) is 6.07 Å². The largest absolute Gasteiger partial charge is 0.381 e. The van der Waals surface area contributed by atoms with E-state index in [1.807, 2.05) is 12.1 Å². The van der Waals surface area contributed by atoms with E-state index in [-0.39, 0.29) is 0 Å². The van der Waals surface area contributed by atoms with Gasteiger partial charge in [-0.1, -0.05) is 0 Å². The molecule has 0 aliphatic heterocycles. The van der Waals surface area contributed by atoms with Crippen LogP contribution in [0.25, 0.3) is 0 Å². The standard InChI is InChI=1S/C10H11BrINO2/c1-10(2,15)9(14)13-6-3-4-7(11)8(12)5-6/h3-5,15H,1-2H3,(H,13,14). The van der Waals surface area contributed by atoms with Crippen LogP contribution in [0.3, 0.4) is 0 Å². The van der Waals surface area contributed by atoms with E-state index in [2.05, 4.69) is 43.8 Å². The van der Waals surface area contributed by atoms with Gasteiger partial charge in [0, 0.05) is 13.7 Å². The van der Waals surface area contributed by atoms with Gasteiger partial charge in [0.15, 0.2) is 0 Å². The van der Waals surface area contributed by atoms with Crippen molar-refractivity contribution in [3.63, 3.8) is 0 Å². The first-order valence-corrected chi connectivity index (χ1v) is 6.17. The zero-order valence-corrected chi connectivity index (χ0v) is 12.1. The van der Waals surface area contributed by atoms with Gasteiger partial charge in [-0.2, -0.15) is 0 Å². The number of anilines is 1. The Morgan fingerprint density at radius 1 is 1.53 bits per heavy atom. The lowest BCUT2D eigenvalue weighted by atomic mass is 10.1. The van der Waals surface area contributed by atoms with Gasteiger partial charge in [0.2, 0.25) is 0 Å². The average Bonchev–Trinajstić information content (AvgIpc) is 2.10. The lowest BCUT2D eigenvalue weighted by Gasteiger charge is -2.16. The highest BCUT2D eigenvalue weighted by Gasteiger charge is 2.23. The van der Waals surface area contributed by atoms with Gasteiger partial charge in [-0.3, -0.25) is 4.79 Å². The zero-order valence-electron chi connectivity index (χ0n) is 8.34. The number of carbonyl (C=O) groups is 1. The molecule has 0 radical (unpaired) electrons. The number of nitrogens with one attached hydrogen (secondary N) is 1. The molecule has 5 heteroatoms. The fraction of sp³-hybridized carbons (Fsp3) is 0.300. The summed E-state index contributed by atoms with van der Waals surface area (Å²) in [6, 6.07) is 5.45. The molecule has 0 saturated heterocycles. The molecule has 0 atom stereocenters. The summed E-state index contributed by atoms with van der Waals surface area (Å²) in [6.45, 7) is 2.90. The van der Waals surface area contributed by atoms with Crippen molar-refractivity contribution in [1.82, 2.24) is 0 Å². The van der Waals surface area contributed by atoms with Crippen LogP contribution in [-0.4, -0.2) is 16.6 Å². The molecule has 0 spiro atoms. The maximum absolute atomic E-state index is 11.5. The van der Waals surface area contributed by atoms with Crippen molar-refractivity contribution >= 4 is 50.1 Å². The van der Waals surface area contributed by atoms with Crippen molar-refractivity contribution in [1.29, 1.82) is 0 Å². The number of benzene rings is 1. The molecular weight excluding hydrogens is 373 g/mol. The molecule has 0 unspecified atom stereocenters. The molecule has 0 aliphatic rings. The second-order valence-corrected chi connectivity index (χ2v) is 5.66. The van der Waals surface area contributed by atoms with Gasteiger partial charge >= 0.3 is 0 Å². The maximum Gasteiger partial charge on any atom is 0.255 e. The van der Waals surface area contributed by atoms with Gasteiger partial charge in [-0.15, -0.1) is 0 Å². The first kappa shape index (κ1) is 12.9. The van der Waals surface area contributed by atoms with Crippen molar-refractivity contribution in [3.05, 3.63) is 26.2 Å². The van der Waals surface area contributed by atoms with Crippen LogP contribution in [0.5, 0.6) is 0 Å². The molecule has 0 heterocycles. The monoisotopic (exact) mass is 383 g/mol. The Balaban J connectivity index is 2.83. The molecule has 3 nitrogen and oxygen atoms in total. The third-order valence-corrected chi connectivity index (χ3v) is 4.06. The van der Waals surface area contributed by atoms with Gasteiger partial charge in [-0.05, 0) is 70.6 Å². The average molecular weight is 384 g/mol. The molecule has 1 aromatic rings. The Labute approximate surface area is 111 Å². The minimum Gasteiger partial charge on any atom is -0.381 e. The topological polar surface area (TPSA) is 49.3 Å². The van der Waals surface area contributed by atoms with Crippen LogP contribution in [0, 0.1) is 3.57 Å². The van der Waals surface area contributed by atoms with Crippen molar-refractivity contribution in [2.45, 2.75) is 19.4 Å². The van der Waals surface area contributed by atoms with Gasteiger partial charge in [-0.25, -0.2) is 0 Å². The quantitative estimate of drug-likeness (QED) is 0.771. The number of aliphatic hydroxyl groups is 1. The summed E-state index contributed by atoms with van der Waals surface area (Å²) in [7, 11) is 0. The van der Waals surface area contributed by atoms with Crippen LogP contribution in [0.15, 0.2) is 22.7 Å². The predicted octanol–water partition coefficient (Wildman–Crippen LogP) is 2.76. The van der Waals surface area contributed by atoms with Crippen molar-refractivity contribution in [2.75, 3.05) is 5.32 Å². The zero-order chi connectivity index (χ0) is 11.6. The summed E-state index contributed by atoms with van der Waals surface area (Å²) >= 11 is 5.52. The Kier molecular flexibility index (Phi) is 4.13. The fourth-order valence-corrected chi connectivity index (χ4v) is 1.62. The molecule has 0 saturated carbocycles. The smallest absolute Gasteiger partial charge is 0.255 e. The van der Waals surface area contributed by atoms with E-state index < -0.39 is 11.5 Å². The van der Waals surface area contributed by atoms with Gasteiger partial charge in [0.1, 0.15) is 5.60 Å². The highest BCUT2D eigenvalue weighted by Crippen LogP contribution is 2.23. The lowest BCUT2D eigenvalue weighted by molar-refractivity contribution is -0.130. The van der Waals surface area contributed by atoms with Crippen molar-refractivity contribution in [2.24, 2.45) is 0 Å². The summed E-state index contributed by atoms with van der Waals surface area (Å²) in [5.41, 5.74) is -0.687. The normalized spacial score (nSPS) is 11.3. The minimum atomic E-state index is -1.36. The second kappa shape index (κ2) is 4.80. The summed E-state index contributed by atoms with van der Waals surface area (Å²) in [6.07, 6.45) is 0. The Hall–Kier alpha value is -0.140. The van der Waals surface area contributed by atoms with Crippen LogP contribution in [0.1, 0.15) is 13.8 Å². The van der Waals surface area contributed by atoms with E-state index in [4.69, 9.17) is 0 Å². The second-order valence-electron chi connectivity index (χ2n) is 3.64. The SMILES string of the molecule is CC(C)(O)C(=O)Nc1ccc(Br)c(I)c1. The fourth-order valence-electron chi connectivity index (χ4n) is 0.858. The summed E-state index contributed by atoms with van der Waals surface area (Å²) in [5, 5.41) is 12.1. The summed E-state index contributed by atoms with van der Waals surface area (Å²) in [5.74, 6) is -0.416. The van der Waals surface area contributed by atoms with Crippen LogP contribution >= 0.6 is 38.5 Å². The highest BCUT2D eigenvalue weighted by atomic mass is 127. The maximum atomic E-state index is 11.5. The third kappa shape index (κ3) is 3.73. The number of hydrogen-bond donors (Lipinski definition) is 2. The molecule has 0 aromatic heterocycles. The highest BCUT2D eigenvalue weighted by molar-refractivity contribution is 14.1. The number of rotatable bonds is 2. The molecule has 1 amide bonds. The van der Waals surface area contributed by atoms with Crippen LogP contribution in [-0.2, 0) is 4.79 Å². The third-order valence-electron chi connectivity index (χ3n) is 1.73. The molecule has 0 bridgehead atoms. The Morgan fingerprint density at radius 2 is 2.13 bits per heavy atom. The summed E-state index contributed by atoms with van der Waals surface area (Å²) < 4.78 is 1.98. The minimum absolute atomic E-state index is 0.416. The van der Waals surface area contributed by atoms with Crippen molar-refractivity contribution < 1.29 is 9.90 Å². The Morgan fingerprint density at radius 3 is 2.60 bits per heavy atom. The van der Waals surface area contributed by atoms with E-state index in [1.165, 1.54) is 13.8 Å². The van der Waals surface area contributed by atoms with E-state index in [0.29, 0.717) is 5.69 Å². The number of hydrogen-bond acceptors (Lipinski definition) is 2. The van der Waals surface area contributed by atoms with Gasteiger partial charge in [0.05, 0.1) is 0 Å². The molecule has 0 fully saturated rings. The van der Waals surface area contributed by atoms with Crippen LogP contribution in [0.4, 0.5) is 5.69 Å². The molecular formula is C10H11BrINO2. The van der Waals surface area contributed by atoms with Crippen molar-refractivity contribution in [3.8, 4) is 0 Å². The molecule has 1 aromatic carbocycles. The van der Waals surface area contributed by atoms with Gasteiger partial charge < -0.3 is 10.4 Å². The first-order chi connectivity index (χ1) is 6.80. The van der Waals surface area contributed by atoms with E-state index in [0.717, 1.165) is 8.04 Å². The number of amides is 1.